The monoisotopic (exact) mass is 352 g/mol. The van der Waals surface area contributed by atoms with Crippen molar-refractivity contribution in [1.29, 1.82) is 0 Å². The average molecular weight is 354 g/mol. The van der Waals surface area contributed by atoms with E-state index in [2.05, 4.69) is 33.5 Å². The molecule has 2 rings (SSSR count). The molecule has 2 N–H and O–H groups in total. The standard InChI is InChI=1S/C12H17BrN2OS.ClH/c1-2-12(6-3-7-15-12)11(16)14-8-9-4-5-10(13)17-9;/h4-5,15H,2-3,6-8H2,1H3,(H,14,16);1H. The molecule has 0 spiro atoms. The minimum absolute atomic E-state index is 0. The fourth-order valence-corrected chi connectivity index (χ4v) is 3.67. The lowest BCUT2D eigenvalue weighted by molar-refractivity contribution is -0.127. The van der Waals surface area contributed by atoms with Crippen molar-refractivity contribution in [2.75, 3.05) is 6.54 Å². The molecule has 1 atom stereocenters. The van der Waals surface area contributed by atoms with Crippen LogP contribution in [0.5, 0.6) is 0 Å². The number of carbonyl (C=O) groups excluding carboxylic acids is 1. The fourth-order valence-electron chi connectivity index (χ4n) is 2.25. The van der Waals surface area contributed by atoms with Gasteiger partial charge in [0.1, 0.15) is 0 Å². The Labute approximate surface area is 126 Å². The summed E-state index contributed by atoms with van der Waals surface area (Å²) in [6.45, 7) is 3.64. The predicted molar refractivity (Wildman–Crippen MR) is 81.4 cm³/mol. The smallest absolute Gasteiger partial charge is 0.240 e. The third-order valence-corrected chi connectivity index (χ3v) is 4.96. The first kappa shape index (κ1) is 16.0. The van der Waals surface area contributed by atoms with Crippen LogP contribution in [-0.2, 0) is 11.3 Å². The number of amides is 1. The number of thiophene rings is 1. The zero-order valence-corrected chi connectivity index (χ0v) is 13.5. The minimum Gasteiger partial charge on any atom is -0.350 e. The van der Waals surface area contributed by atoms with Crippen LogP contribution in [0.15, 0.2) is 15.9 Å². The molecule has 0 aromatic carbocycles. The van der Waals surface area contributed by atoms with Gasteiger partial charge in [-0.15, -0.1) is 23.7 Å². The quantitative estimate of drug-likeness (QED) is 0.873. The van der Waals surface area contributed by atoms with Crippen LogP contribution < -0.4 is 10.6 Å². The van der Waals surface area contributed by atoms with E-state index in [4.69, 9.17) is 0 Å². The first-order valence-corrected chi connectivity index (χ1v) is 7.55. The molecule has 102 valence electrons. The van der Waals surface area contributed by atoms with Crippen molar-refractivity contribution in [3.05, 3.63) is 20.8 Å². The molecule has 1 fully saturated rings. The Kier molecular flexibility index (Phi) is 6.11. The highest BCUT2D eigenvalue weighted by molar-refractivity contribution is 9.11. The van der Waals surface area contributed by atoms with Crippen molar-refractivity contribution in [3.8, 4) is 0 Å². The van der Waals surface area contributed by atoms with Gasteiger partial charge in [0, 0.05) is 4.88 Å². The van der Waals surface area contributed by atoms with Crippen molar-refractivity contribution < 1.29 is 4.79 Å². The normalized spacial score (nSPS) is 22.6. The summed E-state index contributed by atoms with van der Waals surface area (Å²) in [6.07, 6.45) is 2.89. The van der Waals surface area contributed by atoms with Crippen molar-refractivity contribution >= 4 is 45.6 Å². The maximum Gasteiger partial charge on any atom is 0.240 e. The van der Waals surface area contributed by atoms with E-state index >= 15 is 0 Å². The summed E-state index contributed by atoms with van der Waals surface area (Å²) < 4.78 is 1.10. The molecule has 18 heavy (non-hydrogen) atoms. The summed E-state index contributed by atoms with van der Waals surface area (Å²) >= 11 is 5.08. The van der Waals surface area contributed by atoms with Gasteiger partial charge in [-0.05, 0) is 53.9 Å². The molecule has 1 aromatic rings. The Morgan fingerprint density at radius 3 is 2.89 bits per heavy atom. The molecule has 1 aliphatic heterocycles. The molecule has 0 aliphatic carbocycles. The molecular weight excluding hydrogens is 336 g/mol. The van der Waals surface area contributed by atoms with Crippen LogP contribution in [0.25, 0.3) is 0 Å². The zero-order chi connectivity index (χ0) is 12.3. The topological polar surface area (TPSA) is 41.1 Å². The van der Waals surface area contributed by atoms with E-state index < -0.39 is 0 Å². The summed E-state index contributed by atoms with van der Waals surface area (Å²) in [4.78, 5) is 13.4. The third-order valence-electron chi connectivity index (χ3n) is 3.33. The highest BCUT2D eigenvalue weighted by Gasteiger charge is 2.38. The Bertz CT molecular complexity index is 405. The minimum atomic E-state index is -0.325. The summed E-state index contributed by atoms with van der Waals surface area (Å²) in [5, 5.41) is 6.38. The van der Waals surface area contributed by atoms with Crippen LogP contribution in [0.4, 0.5) is 0 Å². The lowest BCUT2D eigenvalue weighted by atomic mass is 9.93. The van der Waals surface area contributed by atoms with E-state index in [1.165, 1.54) is 4.88 Å². The van der Waals surface area contributed by atoms with Gasteiger partial charge < -0.3 is 10.6 Å². The van der Waals surface area contributed by atoms with Gasteiger partial charge in [0.25, 0.3) is 0 Å². The van der Waals surface area contributed by atoms with Gasteiger partial charge in [-0.3, -0.25) is 4.79 Å². The van der Waals surface area contributed by atoms with E-state index in [-0.39, 0.29) is 23.9 Å². The van der Waals surface area contributed by atoms with Gasteiger partial charge in [0.2, 0.25) is 5.91 Å². The van der Waals surface area contributed by atoms with Gasteiger partial charge in [-0.1, -0.05) is 6.92 Å². The Balaban J connectivity index is 0.00000162. The second-order valence-electron chi connectivity index (χ2n) is 4.35. The van der Waals surface area contributed by atoms with Crippen molar-refractivity contribution in [2.45, 2.75) is 38.3 Å². The number of hydrogen-bond donors (Lipinski definition) is 2. The van der Waals surface area contributed by atoms with Crippen molar-refractivity contribution in [3.63, 3.8) is 0 Å². The number of halogens is 2. The van der Waals surface area contributed by atoms with Crippen LogP contribution in [0.3, 0.4) is 0 Å². The number of nitrogens with one attached hydrogen (secondary N) is 2. The second kappa shape index (κ2) is 6.89. The molecule has 0 radical (unpaired) electrons. The SMILES string of the molecule is CCC1(C(=O)NCc2ccc(Br)s2)CCCN1.Cl. The molecule has 1 amide bonds. The third kappa shape index (κ3) is 3.47. The largest absolute Gasteiger partial charge is 0.350 e. The van der Waals surface area contributed by atoms with E-state index in [1.54, 1.807) is 11.3 Å². The van der Waals surface area contributed by atoms with E-state index in [9.17, 15) is 4.79 Å². The summed E-state index contributed by atoms with van der Waals surface area (Å²) in [5.74, 6) is 0.141. The molecule has 1 unspecified atom stereocenters. The van der Waals surface area contributed by atoms with Crippen molar-refractivity contribution in [1.82, 2.24) is 10.6 Å². The van der Waals surface area contributed by atoms with Gasteiger partial charge in [0.05, 0.1) is 15.9 Å². The van der Waals surface area contributed by atoms with Crippen LogP contribution in [-0.4, -0.2) is 18.0 Å². The fraction of sp³-hybridized carbons (Fsp3) is 0.583. The maximum absolute atomic E-state index is 12.2. The van der Waals surface area contributed by atoms with E-state index in [0.717, 1.165) is 29.6 Å². The molecule has 1 aliphatic rings. The molecular formula is C12H18BrClN2OS. The lowest BCUT2D eigenvalue weighted by Crippen LogP contribution is -2.52. The predicted octanol–water partition coefficient (Wildman–Crippen LogP) is 3.08. The summed E-state index contributed by atoms with van der Waals surface area (Å²) in [7, 11) is 0. The average Bonchev–Trinajstić information content (AvgIpc) is 2.95. The highest BCUT2D eigenvalue weighted by Crippen LogP contribution is 2.24. The Morgan fingerprint density at radius 2 is 2.39 bits per heavy atom. The van der Waals surface area contributed by atoms with Crippen LogP contribution in [0, 0.1) is 0 Å². The first-order chi connectivity index (χ1) is 8.16. The van der Waals surface area contributed by atoms with E-state index in [1.807, 2.05) is 12.1 Å². The van der Waals surface area contributed by atoms with Gasteiger partial charge in [-0.2, -0.15) is 0 Å². The Morgan fingerprint density at radius 1 is 1.61 bits per heavy atom. The molecule has 3 nitrogen and oxygen atoms in total. The summed E-state index contributed by atoms with van der Waals surface area (Å²) in [6, 6.07) is 4.05. The number of carbonyl (C=O) groups is 1. The molecule has 0 saturated carbocycles. The lowest BCUT2D eigenvalue weighted by Gasteiger charge is -2.26. The molecule has 2 heterocycles. The Hall–Kier alpha value is -0.100. The van der Waals surface area contributed by atoms with Crippen LogP contribution in [0.2, 0.25) is 0 Å². The molecule has 6 heteroatoms. The van der Waals surface area contributed by atoms with Gasteiger partial charge in [-0.25, -0.2) is 0 Å². The maximum atomic E-state index is 12.2. The molecule has 1 aromatic heterocycles. The van der Waals surface area contributed by atoms with Crippen LogP contribution >= 0.6 is 39.7 Å². The number of hydrogen-bond acceptors (Lipinski definition) is 3. The van der Waals surface area contributed by atoms with E-state index in [0.29, 0.717) is 6.54 Å². The first-order valence-electron chi connectivity index (χ1n) is 5.94. The zero-order valence-electron chi connectivity index (χ0n) is 10.3. The van der Waals surface area contributed by atoms with Crippen molar-refractivity contribution in [2.24, 2.45) is 0 Å². The summed E-state index contributed by atoms with van der Waals surface area (Å²) in [5.41, 5.74) is -0.325. The number of rotatable bonds is 4. The van der Waals surface area contributed by atoms with Gasteiger partial charge in [0.15, 0.2) is 0 Å². The highest BCUT2D eigenvalue weighted by atomic mass is 79.9. The second-order valence-corrected chi connectivity index (χ2v) is 6.90. The van der Waals surface area contributed by atoms with Gasteiger partial charge >= 0.3 is 0 Å². The molecule has 1 saturated heterocycles. The van der Waals surface area contributed by atoms with Crippen LogP contribution in [0.1, 0.15) is 31.1 Å². The molecule has 0 bridgehead atoms.